The molecule has 0 aromatic heterocycles. The summed E-state index contributed by atoms with van der Waals surface area (Å²) in [5.74, 6) is 0. The van der Waals surface area contributed by atoms with Crippen LogP contribution in [0.3, 0.4) is 0 Å². The summed E-state index contributed by atoms with van der Waals surface area (Å²) >= 11 is 0. The number of hydrogen-bond acceptors (Lipinski definition) is 4. The fourth-order valence-electron chi connectivity index (χ4n) is 0.0577. The third-order valence-corrected chi connectivity index (χ3v) is 0.421. The maximum absolute atomic E-state index is 8.88. The molecule has 6 N–H and O–H groups in total. The van der Waals surface area contributed by atoms with Gasteiger partial charge >= 0.3 is 66.9 Å². The monoisotopic (exact) mass is 238 g/mol. The SMILES string of the molecule is O=P(O)(O)O.OCC(O)CO.[NaH].[NaH]. The number of aliphatic hydroxyl groups excluding tert-OH is 3. The van der Waals surface area contributed by atoms with Crippen molar-refractivity contribution in [3.8, 4) is 0 Å². The molecule has 0 bridgehead atoms. The molecule has 10 heteroatoms. The second-order valence-corrected chi connectivity index (χ2v) is 2.56. The molecule has 0 atom stereocenters. The molecule has 0 rings (SSSR count). The zero-order valence-corrected chi connectivity index (χ0v) is 6.42. The summed E-state index contributed by atoms with van der Waals surface area (Å²) in [5.41, 5.74) is 0. The topological polar surface area (TPSA) is 138 Å². The molecule has 0 heterocycles. The molecular formula is C3H13Na2O7P. The van der Waals surface area contributed by atoms with Gasteiger partial charge in [0.1, 0.15) is 6.10 Å². The van der Waals surface area contributed by atoms with Crippen LogP contribution < -0.4 is 0 Å². The average Bonchev–Trinajstić information content (AvgIpc) is 1.83. The van der Waals surface area contributed by atoms with Crippen molar-refractivity contribution in [2.24, 2.45) is 0 Å². The summed E-state index contributed by atoms with van der Waals surface area (Å²) in [4.78, 5) is 21.6. The number of hydrogen-bond donors (Lipinski definition) is 6. The van der Waals surface area contributed by atoms with E-state index in [9.17, 15) is 0 Å². The minimum atomic E-state index is -4.64. The summed E-state index contributed by atoms with van der Waals surface area (Å²) in [6, 6.07) is 0. The van der Waals surface area contributed by atoms with Gasteiger partial charge in [-0.05, 0) is 0 Å². The van der Waals surface area contributed by atoms with Gasteiger partial charge in [-0.2, -0.15) is 0 Å². The second kappa shape index (κ2) is 14.0. The third kappa shape index (κ3) is 56.1. The first-order valence-corrected chi connectivity index (χ1v) is 4.05. The Hall–Kier alpha value is 1.99. The molecule has 0 unspecified atom stereocenters. The molecule has 0 aliphatic carbocycles. The van der Waals surface area contributed by atoms with Crippen LogP contribution in [-0.2, 0) is 4.57 Å². The number of aliphatic hydroxyl groups is 3. The molecule has 7 nitrogen and oxygen atoms in total. The van der Waals surface area contributed by atoms with E-state index in [2.05, 4.69) is 0 Å². The van der Waals surface area contributed by atoms with Gasteiger partial charge in [0.15, 0.2) is 0 Å². The van der Waals surface area contributed by atoms with E-state index in [1.807, 2.05) is 0 Å². The molecule has 0 aliphatic heterocycles. The van der Waals surface area contributed by atoms with Gasteiger partial charge in [0.05, 0.1) is 13.2 Å². The predicted octanol–water partition coefficient (Wildman–Crippen LogP) is -3.89. The first-order chi connectivity index (χ1) is 4.81. The van der Waals surface area contributed by atoms with E-state index in [-0.39, 0.29) is 72.3 Å². The Morgan fingerprint density at radius 3 is 1.15 bits per heavy atom. The Morgan fingerprint density at radius 2 is 1.15 bits per heavy atom. The van der Waals surface area contributed by atoms with Crippen LogP contribution in [0.5, 0.6) is 0 Å². The normalized spacial score (nSPS) is 9.15. The molecule has 0 spiro atoms. The first-order valence-electron chi connectivity index (χ1n) is 2.49. The van der Waals surface area contributed by atoms with Gasteiger partial charge in [-0.25, -0.2) is 4.57 Å². The summed E-state index contributed by atoms with van der Waals surface area (Å²) in [5, 5.41) is 24.0. The van der Waals surface area contributed by atoms with Gasteiger partial charge in [-0.15, -0.1) is 0 Å². The van der Waals surface area contributed by atoms with E-state index in [0.717, 1.165) is 0 Å². The predicted molar refractivity (Wildman–Crippen MR) is 48.7 cm³/mol. The van der Waals surface area contributed by atoms with Gasteiger partial charge in [0.2, 0.25) is 0 Å². The average molecular weight is 238 g/mol. The molecular weight excluding hydrogens is 225 g/mol. The van der Waals surface area contributed by atoms with Crippen LogP contribution in [0.15, 0.2) is 0 Å². The van der Waals surface area contributed by atoms with E-state index in [1.165, 1.54) is 0 Å². The van der Waals surface area contributed by atoms with Crippen molar-refractivity contribution in [2.45, 2.75) is 6.10 Å². The standard InChI is InChI=1S/C3H8O3.2Na.H3O4P.2H/c4-1-3(6)2-5;;;1-5(2,3)4;;/h3-6H,1-2H2;;;(H3,1,2,3,4);;. The van der Waals surface area contributed by atoms with Crippen molar-refractivity contribution in [1.29, 1.82) is 0 Å². The van der Waals surface area contributed by atoms with E-state index in [4.69, 9.17) is 34.6 Å². The maximum atomic E-state index is 8.88. The van der Waals surface area contributed by atoms with E-state index < -0.39 is 13.9 Å². The van der Waals surface area contributed by atoms with Crippen molar-refractivity contribution in [3.05, 3.63) is 0 Å². The first kappa shape index (κ1) is 24.3. The fourth-order valence-corrected chi connectivity index (χ4v) is 0.0577. The summed E-state index contributed by atoms with van der Waals surface area (Å²) in [7, 11) is -4.64. The summed E-state index contributed by atoms with van der Waals surface area (Å²) in [6.45, 7) is -0.729. The van der Waals surface area contributed by atoms with Crippen LogP contribution in [-0.4, -0.2) is 108 Å². The van der Waals surface area contributed by atoms with E-state index >= 15 is 0 Å². The Morgan fingerprint density at radius 1 is 1.00 bits per heavy atom. The van der Waals surface area contributed by atoms with Crippen molar-refractivity contribution in [1.82, 2.24) is 0 Å². The van der Waals surface area contributed by atoms with Crippen LogP contribution in [0.2, 0.25) is 0 Å². The fraction of sp³-hybridized carbons (Fsp3) is 1.00. The molecule has 0 aromatic rings. The Kier molecular flexibility index (Phi) is 26.1. The molecule has 0 saturated carbocycles. The molecule has 0 amide bonds. The van der Waals surface area contributed by atoms with Crippen molar-refractivity contribution < 1.29 is 34.6 Å². The molecule has 0 aromatic carbocycles. The summed E-state index contributed by atoms with van der Waals surface area (Å²) in [6.07, 6.45) is -0.954. The quantitative estimate of drug-likeness (QED) is 0.213. The Balaban J connectivity index is -0.0000000546. The molecule has 0 fully saturated rings. The van der Waals surface area contributed by atoms with Gasteiger partial charge in [-0.1, -0.05) is 0 Å². The van der Waals surface area contributed by atoms with Gasteiger partial charge in [0.25, 0.3) is 0 Å². The van der Waals surface area contributed by atoms with Crippen molar-refractivity contribution in [3.63, 3.8) is 0 Å². The zero-order chi connectivity index (χ0) is 9.49. The summed E-state index contributed by atoms with van der Waals surface area (Å²) < 4.78 is 8.88. The van der Waals surface area contributed by atoms with Gasteiger partial charge in [-0.3, -0.25) is 0 Å². The molecule has 0 aliphatic rings. The number of rotatable bonds is 2. The van der Waals surface area contributed by atoms with Crippen LogP contribution in [0.4, 0.5) is 0 Å². The second-order valence-electron chi connectivity index (χ2n) is 1.53. The molecule has 74 valence electrons. The molecule has 0 radical (unpaired) electrons. The minimum absolute atomic E-state index is 0. The van der Waals surface area contributed by atoms with E-state index in [0.29, 0.717) is 0 Å². The van der Waals surface area contributed by atoms with Crippen molar-refractivity contribution >= 4 is 66.9 Å². The number of phosphoric acid groups is 1. The van der Waals surface area contributed by atoms with Crippen LogP contribution in [0, 0.1) is 0 Å². The third-order valence-electron chi connectivity index (χ3n) is 0.421. The van der Waals surface area contributed by atoms with Crippen LogP contribution >= 0.6 is 7.82 Å². The Labute approximate surface area is 120 Å². The zero-order valence-electron chi connectivity index (χ0n) is 5.53. The van der Waals surface area contributed by atoms with Crippen LogP contribution in [0.1, 0.15) is 0 Å². The van der Waals surface area contributed by atoms with Crippen molar-refractivity contribution in [2.75, 3.05) is 13.2 Å². The van der Waals surface area contributed by atoms with Crippen LogP contribution in [0.25, 0.3) is 0 Å². The molecule has 0 saturated heterocycles. The van der Waals surface area contributed by atoms with E-state index in [1.54, 1.807) is 0 Å². The Bertz CT molecular complexity index is 115. The molecule has 13 heavy (non-hydrogen) atoms. The van der Waals surface area contributed by atoms with Gasteiger partial charge < -0.3 is 30.0 Å². The van der Waals surface area contributed by atoms with Gasteiger partial charge in [0, 0.05) is 0 Å².